The van der Waals surface area contributed by atoms with Gasteiger partial charge in [-0.05, 0) is 29.8 Å². The van der Waals surface area contributed by atoms with Crippen LogP contribution in [0.2, 0.25) is 0 Å². The first-order chi connectivity index (χ1) is 8.16. The molecule has 0 radical (unpaired) electrons. The lowest BCUT2D eigenvalue weighted by Crippen LogP contribution is -2.21. The van der Waals surface area contributed by atoms with Crippen molar-refractivity contribution in [2.24, 2.45) is 0 Å². The molecule has 2 aromatic rings. The van der Waals surface area contributed by atoms with Gasteiger partial charge in [0, 0.05) is 30.0 Å². The number of rotatable bonds is 4. The molecule has 0 bridgehead atoms. The van der Waals surface area contributed by atoms with Crippen LogP contribution in [0.25, 0.3) is 11.3 Å². The molecule has 17 heavy (non-hydrogen) atoms. The van der Waals surface area contributed by atoms with E-state index in [1.54, 1.807) is 6.20 Å². The Labute approximate surface area is 101 Å². The minimum Gasteiger partial charge on any atom is -0.361 e. The van der Waals surface area contributed by atoms with Crippen LogP contribution in [0.3, 0.4) is 0 Å². The van der Waals surface area contributed by atoms with Gasteiger partial charge in [0.2, 0.25) is 0 Å². The Hall–Kier alpha value is -1.61. The Kier molecular flexibility index (Phi) is 3.59. The maximum atomic E-state index is 13.7. The van der Waals surface area contributed by atoms with Crippen LogP contribution in [0.5, 0.6) is 0 Å². The summed E-state index contributed by atoms with van der Waals surface area (Å²) in [5.74, 6) is -0.194. The molecule has 1 aromatic heterocycles. The van der Waals surface area contributed by atoms with Crippen molar-refractivity contribution in [1.29, 1.82) is 0 Å². The molecule has 2 rings (SSSR count). The molecule has 0 aliphatic carbocycles. The fraction of sp³-hybridized carbons (Fsp3) is 0.286. The molecule has 0 saturated heterocycles. The molecule has 0 amide bonds. The van der Waals surface area contributed by atoms with Crippen LogP contribution < -0.4 is 5.32 Å². The van der Waals surface area contributed by atoms with Gasteiger partial charge in [0.25, 0.3) is 0 Å². The summed E-state index contributed by atoms with van der Waals surface area (Å²) >= 11 is 0. The summed E-state index contributed by atoms with van der Waals surface area (Å²) < 4.78 is 13.7. The number of hydrogen-bond acceptors (Lipinski definition) is 1. The number of aromatic amines is 1. The summed E-state index contributed by atoms with van der Waals surface area (Å²) in [5, 5.41) is 3.32. The van der Waals surface area contributed by atoms with Crippen LogP contribution >= 0.6 is 0 Å². The predicted molar refractivity (Wildman–Crippen MR) is 68.2 cm³/mol. The van der Waals surface area contributed by atoms with E-state index in [0.717, 1.165) is 17.8 Å². The van der Waals surface area contributed by atoms with Gasteiger partial charge in [0.15, 0.2) is 0 Å². The molecule has 0 fully saturated rings. The Morgan fingerprint density at radius 2 is 2.12 bits per heavy atom. The topological polar surface area (TPSA) is 27.8 Å². The van der Waals surface area contributed by atoms with Crippen LogP contribution in [0, 0.1) is 5.82 Å². The number of halogens is 1. The van der Waals surface area contributed by atoms with E-state index in [1.807, 2.05) is 24.3 Å². The largest absolute Gasteiger partial charge is 0.361 e. The van der Waals surface area contributed by atoms with Crippen molar-refractivity contribution in [2.45, 2.75) is 26.4 Å². The molecule has 2 nitrogen and oxygen atoms in total. The van der Waals surface area contributed by atoms with Crippen molar-refractivity contribution < 1.29 is 4.39 Å². The average molecular weight is 232 g/mol. The monoisotopic (exact) mass is 232 g/mol. The van der Waals surface area contributed by atoms with E-state index in [4.69, 9.17) is 0 Å². The molecular formula is C14H17FN2. The zero-order valence-corrected chi connectivity index (χ0v) is 10.1. The molecular weight excluding hydrogens is 215 g/mol. The van der Waals surface area contributed by atoms with Crippen molar-refractivity contribution in [2.75, 3.05) is 0 Å². The van der Waals surface area contributed by atoms with Gasteiger partial charge < -0.3 is 10.3 Å². The summed E-state index contributed by atoms with van der Waals surface area (Å²) in [4.78, 5) is 3.03. The highest BCUT2D eigenvalue weighted by Crippen LogP contribution is 2.22. The van der Waals surface area contributed by atoms with Gasteiger partial charge in [-0.1, -0.05) is 19.9 Å². The quantitative estimate of drug-likeness (QED) is 0.831. The molecule has 0 spiro atoms. The van der Waals surface area contributed by atoms with E-state index in [0.29, 0.717) is 11.6 Å². The van der Waals surface area contributed by atoms with Crippen molar-refractivity contribution in [3.8, 4) is 11.3 Å². The van der Waals surface area contributed by atoms with Gasteiger partial charge in [0.05, 0.1) is 0 Å². The maximum Gasteiger partial charge on any atom is 0.132 e. The smallest absolute Gasteiger partial charge is 0.132 e. The van der Waals surface area contributed by atoms with E-state index in [2.05, 4.69) is 24.1 Å². The SMILES string of the molecule is CC(C)NCc1ccc(F)c(-c2ccc[nH]2)c1. The normalized spacial score (nSPS) is 11.1. The lowest BCUT2D eigenvalue weighted by Gasteiger charge is -2.09. The third-order valence-corrected chi connectivity index (χ3v) is 2.63. The highest BCUT2D eigenvalue weighted by molar-refractivity contribution is 5.61. The van der Waals surface area contributed by atoms with Gasteiger partial charge >= 0.3 is 0 Å². The van der Waals surface area contributed by atoms with Crippen molar-refractivity contribution in [1.82, 2.24) is 10.3 Å². The lowest BCUT2D eigenvalue weighted by molar-refractivity contribution is 0.586. The molecule has 90 valence electrons. The average Bonchev–Trinajstić information content (AvgIpc) is 2.81. The number of aromatic nitrogens is 1. The molecule has 0 atom stereocenters. The number of nitrogens with one attached hydrogen (secondary N) is 2. The lowest BCUT2D eigenvalue weighted by atomic mass is 10.1. The van der Waals surface area contributed by atoms with Crippen LogP contribution in [0.4, 0.5) is 4.39 Å². The van der Waals surface area contributed by atoms with Gasteiger partial charge in [-0.2, -0.15) is 0 Å². The van der Waals surface area contributed by atoms with E-state index in [9.17, 15) is 4.39 Å². The van der Waals surface area contributed by atoms with Gasteiger partial charge in [0.1, 0.15) is 5.82 Å². The molecule has 3 heteroatoms. The van der Waals surface area contributed by atoms with E-state index in [-0.39, 0.29) is 5.82 Å². The molecule has 0 saturated carbocycles. The van der Waals surface area contributed by atoms with Crippen LogP contribution in [0.1, 0.15) is 19.4 Å². The van der Waals surface area contributed by atoms with Crippen LogP contribution in [-0.2, 0) is 6.54 Å². The first-order valence-electron chi connectivity index (χ1n) is 5.82. The summed E-state index contributed by atoms with van der Waals surface area (Å²) in [7, 11) is 0. The summed E-state index contributed by atoms with van der Waals surface area (Å²) in [6, 6.07) is 9.39. The Morgan fingerprint density at radius 1 is 1.29 bits per heavy atom. The number of hydrogen-bond donors (Lipinski definition) is 2. The Bertz CT molecular complexity index is 475. The second kappa shape index (κ2) is 5.15. The van der Waals surface area contributed by atoms with Crippen molar-refractivity contribution in [3.05, 3.63) is 47.9 Å². The van der Waals surface area contributed by atoms with Crippen LogP contribution in [0.15, 0.2) is 36.5 Å². The Morgan fingerprint density at radius 3 is 2.76 bits per heavy atom. The fourth-order valence-corrected chi connectivity index (χ4v) is 1.71. The minimum absolute atomic E-state index is 0.194. The highest BCUT2D eigenvalue weighted by Gasteiger charge is 2.07. The number of benzene rings is 1. The molecule has 1 aromatic carbocycles. The molecule has 2 N–H and O–H groups in total. The number of H-pyrrole nitrogens is 1. The van der Waals surface area contributed by atoms with Gasteiger partial charge in [-0.3, -0.25) is 0 Å². The second-order valence-corrected chi connectivity index (χ2v) is 4.43. The summed E-state index contributed by atoms with van der Waals surface area (Å²) in [6.07, 6.45) is 1.80. The maximum absolute atomic E-state index is 13.7. The minimum atomic E-state index is -0.194. The standard InChI is InChI=1S/C14H17FN2/c1-10(2)17-9-11-5-6-13(15)12(8-11)14-4-3-7-16-14/h3-8,10,16-17H,9H2,1-2H3. The Balaban J connectivity index is 2.24. The molecule has 0 aliphatic rings. The molecule has 0 unspecified atom stereocenters. The third-order valence-electron chi connectivity index (χ3n) is 2.63. The first kappa shape index (κ1) is 11.9. The zero-order chi connectivity index (χ0) is 12.3. The van der Waals surface area contributed by atoms with E-state index >= 15 is 0 Å². The van der Waals surface area contributed by atoms with E-state index < -0.39 is 0 Å². The molecule has 0 aliphatic heterocycles. The van der Waals surface area contributed by atoms with E-state index in [1.165, 1.54) is 6.07 Å². The summed E-state index contributed by atoms with van der Waals surface area (Å²) in [5.41, 5.74) is 2.52. The van der Waals surface area contributed by atoms with Gasteiger partial charge in [-0.15, -0.1) is 0 Å². The second-order valence-electron chi connectivity index (χ2n) is 4.43. The fourth-order valence-electron chi connectivity index (χ4n) is 1.71. The summed E-state index contributed by atoms with van der Waals surface area (Å²) in [6.45, 7) is 4.94. The van der Waals surface area contributed by atoms with Gasteiger partial charge in [-0.25, -0.2) is 4.39 Å². The van der Waals surface area contributed by atoms with Crippen molar-refractivity contribution >= 4 is 0 Å². The highest BCUT2D eigenvalue weighted by atomic mass is 19.1. The van der Waals surface area contributed by atoms with Crippen molar-refractivity contribution in [3.63, 3.8) is 0 Å². The third kappa shape index (κ3) is 2.94. The predicted octanol–water partition coefficient (Wildman–Crippen LogP) is 3.32. The first-order valence-corrected chi connectivity index (χ1v) is 5.82. The zero-order valence-electron chi connectivity index (χ0n) is 10.1. The molecule has 1 heterocycles. The van der Waals surface area contributed by atoms with Crippen LogP contribution in [-0.4, -0.2) is 11.0 Å².